The molecule has 0 saturated heterocycles. The van der Waals surface area contributed by atoms with E-state index in [9.17, 15) is 9.59 Å². The molecule has 2 heterocycles. The topological polar surface area (TPSA) is 107 Å². The average Bonchev–Trinajstić information content (AvgIpc) is 3.15. The van der Waals surface area contributed by atoms with Crippen LogP contribution in [0, 0.1) is 0 Å². The van der Waals surface area contributed by atoms with Gasteiger partial charge in [-0.1, -0.05) is 30.3 Å². The van der Waals surface area contributed by atoms with Gasteiger partial charge in [-0.15, -0.1) is 5.10 Å². The fourth-order valence-corrected chi connectivity index (χ4v) is 3.20. The number of aromatic nitrogens is 3. The number of rotatable bonds is 5. The minimum atomic E-state index is -0.406. The highest BCUT2D eigenvalue weighted by atomic mass is 16.5. The molecule has 29 heavy (non-hydrogen) atoms. The summed E-state index contributed by atoms with van der Waals surface area (Å²) in [5.41, 5.74) is 1.30. The zero-order chi connectivity index (χ0) is 20.4. The van der Waals surface area contributed by atoms with Gasteiger partial charge in [0.1, 0.15) is 0 Å². The van der Waals surface area contributed by atoms with Crippen LogP contribution in [0.5, 0.6) is 11.5 Å². The van der Waals surface area contributed by atoms with Crippen LogP contribution in [-0.4, -0.2) is 40.8 Å². The molecule has 148 valence electrons. The number of nitrogens with one attached hydrogen (secondary N) is 2. The summed E-state index contributed by atoms with van der Waals surface area (Å²) in [5.74, 6) is 0.787. The largest absolute Gasteiger partial charge is 0.493 e. The van der Waals surface area contributed by atoms with E-state index in [4.69, 9.17) is 9.47 Å². The molecule has 1 atom stereocenters. The Kier molecular flexibility index (Phi) is 4.86. The lowest BCUT2D eigenvalue weighted by Gasteiger charge is -2.23. The molecule has 0 fully saturated rings. The lowest BCUT2D eigenvalue weighted by Crippen LogP contribution is -2.29. The first-order valence-electron chi connectivity index (χ1n) is 8.93. The summed E-state index contributed by atoms with van der Waals surface area (Å²) in [6.45, 7) is 0. The standard InChI is InChI=1S/C20H19N5O4/c1-28-15-9-8-13(10-16(15)29-2)18(27)22-19-23-20-21-17(26)11-14(25(20)24-19)12-6-4-3-5-7-12/h3-10,14H,11H2,1-2H3,(H2,21,22,23,24,26,27)/t14-/m1/s1. The van der Waals surface area contributed by atoms with Gasteiger partial charge < -0.3 is 9.47 Å². The van der Waals surface area contributed by atoms with Gasteiger partial charge in [-0.25, -0.2) is 4.68 Å². The summed E-state index contributed by atoms with van der Waals surface area (Å²) in [6.07, 6.45) is 0.240. The number of hydrogen-bond acceptors (Lipinski definition) is 6. The molecule has 9 nitrogen and oxygen atoms in total. The van der Waals surface area contributed by atoms with E-state index in [0.717, 1.165) is 5.56 Å². The number of fused-ring (bicyclic) bond motifs is 1. The smallest absolute Gasteiger partial charge is 0.258 e. The number of benzene rings is 2. The Morgan fingerprint density at radius 1 is 1.14 bits per heavy atom. The Labute approximate surface area is 166 Å². The quantitative estimate of drug-likeness (QED) is 0.690. The molecular weight excluding hydrogens is 374 g/mol. The van der Waals surface area contributed by atoms with Gasteiger partial charge in [0.25, 0.3) is 11.9 Å². The molecule has 0 spiro atoms. The maximum Gasteiger partial charge on any atom is 0.258 e. The molecule has 1 aliphatic heterocycles. The van der Waals surface area contributed by atoms with Crippen LogP contribution in [0.1, 0.15) is 28.4 Å². The highest BCUT2D eigenvalue weighted by Crippen LogP contribution is 2.30. The molecule has 0 radical (unpaired) electrons. The maximum atomic E-state index is 12.6. The summed E-state index contributed by atoms with van der Waals surface area (Å²) in [7, 11) is 3.02. The molecule has 1 aliphatic rings. The second-order valence-corrected chi connectivity index (χ2v) is 6.41. The number of amides is 2. The summed E-state index contributed by atoms with van der Waals surface area (Å²) in [5, 5.41) is 9.74. The molecule has 0 unspecified atom stereocenters. The Morgan fingerprint density at radius 2 is 1.90 bits per heavy atom. The maximum absolute atomic E-state index is 12.6. The normalized spacial score (nSPS) is 15.2. The van der Waals surface area contributed by atoms with Crippen molar-refractivity contribution >= 4 is 23.7 Å². The first-order chi connectivity index (χ1) is 14.1. The van der Waals surface area contributed by atoms with Gasteiger partial charge in [-0.2, -0.15) is 4.98 Å². The van der Waals surface area contributed by atoms with Crippen molar-refractivity contribution in [3.8, 4) is 11.5 Å². The van der Waals surface area contributed by atoms with E-state index in [0.29, 0.717) is 17.1 Å². The van der Waals surface area contributed by atoms with Gasteiger partial charge in [0.15, 0.2) is 11.5 Å². The fourth-order valence-electron chi connectivity index (χ4n) is 3.20. The van der Waals surface area contributed by atoms with Gasteiger partial charge in [0.05, 0.1) is 26.7 Å². The molecule has 0 saturated carbocycles. The zero-order valence-corrected chi connectivity index (χ0v) is 15.9. The third kappa shape index (κ3) is 3.62. The zero-order valence-electron chi connectivity index (χ0n) is 15.9. The van der Waals surface area contributed by atoms with Crippen molar-refractivity contribution in [1.82, 2.24) is 14.8 Å². The van der Waals surface area contributed by atoms with Crippen molar-refractivity contribution in [2.45, 2.75) is 12.5 Å². The Hall–Kier alpha value is -3.88. The molecule has 2 N–H and O–H groups in total. The lowest BCUT2D eigenvalue weighted by atomic mass is 10.0. The Bertz CT molecular complexity index is 1060. The molecule has 3 aromatic rings. The molecule has 9 heteroatoms. The summed E-state index contributed by atoms with van der Waals surface area (Å²) >= 11 is 0. The summed E-state index contributed by atoms with van der Waals surface area (Å²) in [6, 6.07) is 14.1. The number of hydrogen-bond donors (Lipinski definition) is 2. The van der Waals surface area contributed by atoms with Crippen LogP contribution in [0.3, 0.4) is 0 Å². The van der Waals surface area contributed by atoms with Gasteiger partial charge >= 0.3 is 0 Å². The van der Waals surface area contributed by atoms with Crippen molar-refractivity contribution in [2.24, 2.45) is 0 Å². The minimum absolute atomic E-state index is 0.0999. The molecule has 1 aromatic heterocycles. The first kappa shape index (κ1) is 18.5. The molecule has 0 bridgehead atoms. The van der Waals surface area contributed by atoms with E-state index in [2.05, 4.69) is 20.7 Å². The van der Waals surface area contributed by atoms with E-state index >= 15 is 0 Å². The van der Waals surface area contributed by atoms with E-state index in [1.165, 1.54) is 14.2 Å². The minimum Gasteiger partial charge on any atom is -0.493 e. The van der Waals surface area contributed by atoms with Crippen molar-refractivity contribution in [2.75, 3.05) is 24.9 Å². The van der Waals surface area contributed by atoms with Crippen molar-refractivity contribution in [3.05, 3.63) is 59.7 Å². The first-order valence-corrected chi connectivity index (χ1v) is 8.93. The van der Waals surface area contributed by atoms with Crippen LogP contribution in [0.4, 0.5) is 11.9 Å². The second-order valence-electron chi connectivity index (χ2n) is 6.41. The summed E-state index contributed by atoms with van der Waals surface area (Å²) in [4.78, 5) is 29.0. The number of methoxy groups -OCH3 is 2. The fraction of sp³-hybridized carbons (Fsp3) is 0.200. The van der Waals surface area contributed by atoms with Crippen LogP contribution in [0.25, 0.3) is 0 Å². The molecule has 0 aliphatic carbocycles. The number of anilines is 2. The molecule has 2 amide bonds. The monoisotopic (exact) mass is 393 g/mol. The van der Waals surface area contributed by atoms with Gasteiger partial charge in [-0.3, -0.25) is 20.2 Å². The predicted molar refractivity (Wildman–Crippen MR) is 105 cm³/mol. The van der Waals surface area contributed by atoms with Gasteiger partial charge in [0.2, 0.25) is 11.9 Å². The van der Waals surface area contributed by atoms with Crippen molar-refractivity contribution < 1.29 is 19.1 Å². The number of ether oxygens (including phenoxy) is 2. The molecular formula is C20H19N5O4. The highest BCUT2D eigenvalue weighted by Gasteiger charge is 2.29. The van der Waals surface area contributed by atoms with Crippen LogP contribution < -0.4 is 20.1 Å². The number of nitrogens with zero attached hydrogens (tertiary/aromatic N) is 3. The predicted octanol–water partition coefficient (Wildman–Crippen LogP) is 2.48. The van der Waals surface area contributed by atoms with E-state index < -0.39 is 5.91 Å². The van der Waals surface area contributed by atoms with E-state index in [-0.39, 0.29) is 30.3 Å². The second kappa shape index (κ2) is 7.63. The van der Waals surface area contributed by atoms with Crippen LogP contribution >= 0.6 is 0 Å². The van der Waals surface area contributed by atoms with Crippen LogP contribution in [0.15, 0.2) is 48.5 Å². The van der Waals surface area contributed by atoms with Crippen molar-refractivity contribution in [1.29, 1.82) is 0 Å². The third-order valence-electron chi connectivity index (χ3n) is 4.61. The Balaban J connectivity index is 1.60. The summed E-state index contributed by atoms with van der Waals surface area (Å²) < 4.78 is 12.0. The van der Waals surface area contributed by atoms with Crippen LogP contribution in [0.2, 0.25) is 0 Å². The molecule has 4 rings (SSSR count). The number of carbonyl (C=O) groups excluding carboxylic acids is 2. The van der Waals surface area contributed by atoms with Crippen LogP contribution in [-0.2, 0) is 4.79 Å². The van der Waals surface area contributed by atoms with Gasteiger partial charge in [-0.05, 0) is 23.8 Å². The number of carbonyl (C=O) groups is 2. The van der Waals surface area contributed by atoms with Crippen molar-refractivity contribution in [3.63, 3.8) is 0 Å². The highest BCUT2D eigenvalue weighted by molar-refractivity contribution is 6.04. The van der Waals surface area contributed by atoms with E-state index in [1.54, 1.807) is 22.9 Å². The van der Waals surface area contributed by atoms with Gasteiger partial charge in [0, 0.05) is 5.56 Å². The Morgan fingerprint density at radius 3 is 2.62 bits per heavy atom. The lowest BCUT2D eigenvalue weighted by molar-refractivity contribution is -0.117. The molecule has 2 aromatic carbocycles. The van der Waals surface area contributed by atoms with E-state index in [1.807, 2.05) is 30.3 Å². The third-order valence-corrected chi connectivity index (χ3v) is 4.61. The average molecular weight is 393 g/mol. The SMILES string of the molecule is COc1ccc(C(=O)Nc2nc3n(n2)[C@@H](c2ccccc2)CC(=O)N3)cc1OC.